The second-order valence-electron chi connectivity index (χ2n) is 4.98. The van der Waals surface area contributed by atoms with E-state index >= 15 is 0 Å². The summed E-state index contributed by atoms with van der Waals surface area (Å²) in [7, 11) is 1.79. The Labute approximate surface area is 140 Å². The molecule has 3 heterocycles. The molecule has 1 N–H and O–H groups in total. The molecule has 0 bridgehead atoms. The van der Waals surface area contributed by atoms with Gasteiger partial charge in [0.2, 0.25) is 0 Å². The highest BCUT2D eigenvalue weighted by molar-refractivity contribution is 9.10. The average molecular weight is 383 g/mol. The molecule has 116 valence electrons. The first-order valence-electron chi connectivity index (χ1n) is 6.69. The SMILES string of the molecule is CSc1ncc(Br)c(N2CC(NC(=O)c3ccn(C)n3)C2)n1. The van der Waals surface area contributed by atoms with Crippen LogP contribution >= 0.6 is 27.7 Å². The number of rotatable bonds is 4. The third kappa shape index (κ3) is 3.09. The van der Waals surface area contributed by atoms with Crippen LogP contribution in [0.3, 0.4) is 0 Å². The molecule has 0 saturated carbocycles. The lowest BCUT2D eigenvalue weighted by atomic mass is 10.1. The molecule has 0 aromatic carbocycles. The maximum absolute atomic E-state index is 12.0. The molecular weight excluding hydrogens is 368 g/mol. The van der Waals surface area contributed by atoms with E-state index in [2.05, 4.69) is 41.2 Å². The summed E-state index contributed by atoms with van der Waals surface area (Å²) >= 11 is 4.97. The molecule has 3 rings (SSSR count). The van der Waals surface area contributed by atoms with Crippen molar-refractivity contribution in [3.8, 4) is 0 Å². The number of hydrogen-bond donors (Lipinski definition) is 1. The van der Waals surface area contributed by atoms with Crippen LogP contribution in [-0.4, -0.2) is 51.0 Å². The summed E-state index contributed by atoms with van der Waals surface area (Å²) in [4.78, 5) is 22.8. The highest BCUT2D eigenvalue weighted by Gasteiger charge is 2.31. The summed E-state index contributed by atoms with van der Waals surface area (Å²) in [5.41, 5.74) is 0.439. The molecule has 0 spiro atoms. The number of thioether (sulfide) groups is 1. The molecule has 1 aliphatic heterocycles. The van der Waals surface area contributed by atoms with Gasteiger partial charge in [-0.05, 0) is 28.3 Å². The number of aryl methyl sites for hydroxylation is 1. The first-order chi connectivity index (χ1) is 10.6. The van der Waals surface area contributed by atoms with E-state index in [1.807, 2.05) is 6.26 Å². The standard InChI is InChI=1S/C13H15BrN6OS/c1-19-4-3-10(18-19)12(21)16-8-6-20(7-8)11-9(14)5-15-13(17-11)22-2/h3-5,8H,6-7H2,1-2H3,(H,16,21). The van der Waals surface area contributed by atoms with E-state index in [0.717, 1.165) is 28.5 Å². The van der Waals surface area contributed by atoms with Gasteiger partial charge in [-0.15, -0.1) is 0 Å². The van der Waals surface area contributed by atoms with E-state index < -0.39 is 0 Å². The van der Waals surface area contributed by atoms with Gasteiger partial charge >= 0.3 is 0 Å². The quantitative estimate of drug-likeness (QED) is 0.634. The lowest BCUT2D eigenvalue weighted by Gasteiger charge is -2.40. The topological polar surface area (TPSA) is 75.9 Å². The largest absolute Gasteiger partial charge is 0.351 e. The molecule has 1 aliphatic rings. The van der Waals surface area contributed by atoms with Crippen LogP contribution in [0.5, 0.6) is 0 Å². The van der Waals surface area contributed by atoms with Crippen LogP contribution in [0.2, 0.25) is 0 Å². The molecule has 0 radical (unpaired) electrons. The molecule has 1 amide bonds. The highest BCUT2D eigenvalue weighted by atomic mass is 79.9. The molecule has 0 aliphatic carbocycles. The Bertz CT molecular complexity index is 700. The molecule has 0 atom stereocenters. The van der Waals surface area contributed by atoms with Crippen molar-refractivity contribution >= 4 is 39.4 Å². The first-order valence-corrected chi connectivity index (χ1v) is 8.70. The van der Waals surface area contributed by atoms with Crippen molar-refractivity contribution in [2.24, 2.45) is 7.05 Å². The summed E-state index contributed by atoms with van der Waals surface area (Å²) in [6, 6.07) is 1.81. The molecule has 1 saturated heterocycles. The van der Waals surface area contributed by atoms with E-state index in [-0.39, 0.29) is 11.9 Å². The number of carbonyl (C=O) groups excluding carboxylic acids is 1. The van der Waals surface area contributed by atoms with Crippen LogP contribution in [0, 0.1) is 0 Å². The molecule has 2 aromatic heterocycles. The van der Waals surface area contributed by atoms with Crippen molar-refractivity contribution in [3.05, 3.63) is 28.6 Å². The van der Waals surface area contributed by atoms with Gasteiger partial charge in [0.05, 0.1) is 10.5 Å². The lowest BCUT2D eigenvalue weighted by molar-refractivity contribution is 0.0924. The van der Waals surface area contributed by atoms with Crippen LogP contribution in [0.4, 0.5) is 5.82 Å². The summed E-state index contributed by atoms with van der Waals surface area (Å²) in [6.45, 7) is 1.45. The second kappa shape index (κ2) is 6.25. The van der Waals surface area contributed by atoms with Crippen molar-refractivity contribution < 1.29 is 4.79 Å². The van der Waals surface area contributed by atoms with E-state index in [1.54, 1.807) is 30.2 Å². The average Bonchev–Trinajstić information content (AvgIpc) is 2.90. The van der Waals surface area contributed by atoms with Gasteiger partial charge in [-0.1, -0.05) is 11.8 Å². The minimum Gasteiger partial charge on any atom is -0.351 e. The van der Waals surface area contributed by atoms with Gasteiger partial charge in [-0.3, -0.25) is 9.48 Å². The third-order valence-corrected chi connectivity index (χ3v) is 4.47. The third-order valence-electron chi connectivity index (χ3n) is 3.35. The Hall–Kier alpha value is -1.61. The normalized spacial score (nSPS) is 14.8. The number of hydrogen-bond acceptors (Lipinski definition) is 6. The Morgan fingerprint density at radius 1 is 1.50 bits per heavy atom. The zero-order chi connectivity index (χ0) is 15.7. The van der Waals surface area contributed by atoms with Gasteiger partial charge in [-0.2, -0.15) is 5.10 Å². The summed E-state index contributed by atoms with van der Waals surface area (Å²) in [5.74, 6) is 0.722. The van der Waals surface area contributed by atoms with Gasteiger partial charge < -0.3 is 10.2 Å². The summed E-state index contributed by atoms with van der Waals surface area (Å²) < 4.78 is 2.48. The van der Waals surface area contributed by atoms with Gasteiger partial charge in [0.15, 0.2) is 5.16 Å². The number of anilines is 1. The Balaban J connectivity index is 1.59. The number of halogens is 1. The van der Waals surface area contributed by atoms with Crippen LogP contribution in [0.15, 0.2) is 28.1 Å². The predicted molar refractivity (Wildman–Crippen MR) is 88.2 cm³/mol. The molecular formula is C13H15BrN6OS. The highest BCUT2D eigenvalue weighted by Crippen LogP contribution is 2.28. The fraction of sp³-hybridized carbons (Fsp3) is 0.385. The van der Waals surface area contributed by atoms with Gasteiger partial charge in [0.1, 0.15) is 11.5 Å². The van der Waals surface area contributed by atoms with Gasteiger partial charge in [-0.25, -0.2) is 9.97 Å². The van der Waals surface area contributed by atoms with Crippen molar-refractivity contribution in [1.29, 1.82) is 0 Å². The zero-order valence-electron chi connectivity index (χ0n) is 12.2. The van der Waals surface area contributed by atoms with E-state index in [9.17, 15) is 4.79 Å². The minimum atomic E-state index is -0.142. The maximum atomic E-state index is 12.0. The van der Waals surface area contributed by atoms with E-state index in [1.165, 1.54) is 11.8 Å². The molecule has 0 unspecified atom stereocenters. The van der Waals surface area contributed by atoms with E-state index in [4.69, 9.17) is 0 Å². The van der Waals surface area contributed by atoms with Crippen LogP contribution < -0.4 is 10.2 Å². The fourth-order valence-corrected chi connectivity index (χ4v) is 2.98. The van der Waals surface area contributed by atoms with Crippen molar-refractivity contribution in [2.75, 3.05) is 24.2 Å². The Morgan fingerprint density at radius 3 is 2.91 bits per heavy atom. The number of amides is 1. The molecule has 2 aromatic rings. The second-order valence-corrected chi connectivity index (χ2v) is 6.61. The Kier molecular flexibility index (Phi) is 4.34. The minimum absolute atomic E-state index is 0.106. The molecule has 1 fully saturated rings. The molecule has 7 nitrogen and oxygen atoms in total. The summed E-state index contributed by atoms with van der Waals surface area (Å²) in [6.07, 6.45) is 5.46. The molecule has 22 heavy (non-hydrogen) atoms. The van der Waals surface area contributed by atoms with Gasteiger partial charge in [0.25, 0.3) is 5.91 Å². The number of carbonyl (C=O) groups is 1. The Morgan fingerprint density at radius 2 is 2.27 bits per heavy atom. The van der Waals surface area contributed by atoms with E-state index in [0.29, 0.717) is 5.69 Å². The van der Waals surface area contributed by atoms with Crippen LogP contribution in [0.1, 0.15) is 10.5 Å². The smallest absolute Gasteiger partial charge is 0.272 e. The fourth-order valence-electron chi connectivity index (χ4n) is 2.20. The number of nitrogens with zero attached hydrogens (tertiary/aromatic N) is 5. The van der Waals surface area contributed by atoms with Crippen molar-refractivity contribution in [2.45, 2.75) is 11.2 Å². The molecule has 9 heteroatoms. The van der Waals surface area contributed by atoms with Crippen LogP contribution in [0.25, 0.3) is 0 Å². The first kappa shape index (κ1) is 15.3. The van der Waals surface area contributed by atoms with Crippen LogP contribution in [-0.2, 0) is 7.05 Å². The van der Waals surface area contributed by atoms with Crippen molar-refractivity contribution in [1.82, 2.24) is 25.1 Å². The summed E-state index contributed by atoms with van der Waals surface area (Å²) in [5, 5.41) is 7.80. The van der Waals surface area contributed by atoms with Crippen molar-refractivity contribution in [3.63, 3.8) is 0 Å². The maximum Gasteiger partial charge on any atom is 0.272 e. The lowest BCUT2D eigenvalue weighted by Crippen LogP contribution is -2.59. The predicted octanol–water partition coefficient (Wildman–Crippen LogP) is 1.31. The van der Waals surface area contributed by atoms with Gasteiger partial charge in [0, 0.05) is 32.5 Å². The zero-order valence-corrected chi connectivity index (χ0v) is 14.6. The number of aromatic nitrogens is 4. The monoisotopic (exact) mass is 382 g/mol. The number of nitrogens with one attached hydrogen (secondary N) is 1.